The van der Waals surface area contributed by atoms with E-state index in [1.807, 2.05) is 52.0 Å². The summed E-state index contributed by atoms with van der Waals surface area (Å²) in [7, 11) is -1.39. The Kier molecular flexibility index (Phi) is 10.7. The van der Waals surface area contributed by atoms with Gasteiger partial charge in [-0.05, 0) is 76.6 Å². The highest BCUT2D eigenvalue weighted by Crippen LogP contribution is 2.36. The second-order valence-corrected chi connectivity index (χ2v) is 13.7. The predicted molar refractivity (Wildman–Crippen MR) is 167 cm³/mol. The van der Waals surface area contributed by atoms with Crippen LogP contribution in [0.5, 0.6) is 11.5 Å². The van der Waals surface area contributed by atoms with Gasteiger partial charge in [0.15, 0.2) is 0 Å². The Morgan fingerprint density at radius 2 is 1.64 bits per heavy atom. The van der Waals surface area contributed by atoms with Crippen LogP contribution in [0.2, 0.25) is 0 Å². The number of anilines is 1. The quantitative estimate of drug-likeness (QED) is 0.299. The van der Waals surface area contributed by atoms with Crippen molar-refractivity contribution in [3.63, 3.8) is 0 Å². The molecule has 42 heavy (non-hydrogen) atoms. The highest BCUT2D eigenvalue weighted by atomic mass is 79.9. The molecule has 0 spiro atoms. The number of nitrogens with one attached hydrogen (secondary N) is 1. The number of methoxy groups -OCH3 is 2. The number of amides is 2. The molecule has 3 aromatic carbocycles. The molecule has 0 saturated heterocycles. The molecule has 0 radical (unpaired) electrons. The molecule has 0 aliphatic carbocycles. The fraction of sp³-hybridized carbons (Fsp3) is 0.355. The van der Waals surface area contributed by atoms with Crippen LogP contribution < -0.4 is 19.1 Å². The van der Waals surface area contributed by atoms with Gasteiger partial charge in [-0.25, -0.2) is 8.42 Å². The molecule has 11 heteroatoms. The molecule has 9 nitrogen and oxygen atoms in total. The third-order valence-electron chi connectivity index (χ3n) is 6.45. The number of carbonyl (C=O) groups is 2. The van der Waals surface area contributed by atoms with Gasteiger partial charge in [0.1, 0.15) is 24.1 Å². The van der Waals surface area contributed by atoms with Crippen LogP contribution in [0, 0.1) is 6.92 Å². The fourth-order valence-electron chi connectivity index (χ4n) is 4.23. The molecule has 0 aliphatic rings. The molecule has 0 heterocycles. The highest BCUT2D eigenvalue weighted by Gasteiger charge is 2.34. The molecule has 3 rings (SSSR count). The minimum Gasteiger partial charge on any atom is -0.497 e. The van der Waals surface area contributed by atoms with Gasteiger partial charge >= 0.3 is 0 Å². The molecule has 0 fully saturated rings. The number of ether oxygens (including phenoxy) is 2. The first-order valence-corrected chi connectivity index (χ1v) is 15.6. The maximum absolute atomic E-state index is 14.2. The number of benzene rings is 3. The first kappa shape index (κ1) is 32.9. The summed E-state index contributed by atoms with van der Waals surface area (Å²) in [4.78, 5) is 28.8. The van der Waals surface area contributed by atoms with Gasteiger partial charge in [0.2, 0.25) is 11.8 Å². The van der Waals surface area contributed by atoms with Gasteiger partial charge in [-0.2, -0.15) is 0 Å². The van der Waals surface area contributed by atoms with Crippen LogP contribution >= 0.6 is 15.9 Å². The third kappa shape index (κ3) is 8.25. The van der Waals surface area contributed by atoms with E-state index in [1.165, 1.54) is 37.3 Å². The number of rotatable bonds is 11. The van der Waals surface area contributed by atoms with E-state index in [1.54, 1.807) is 31.2 Å². The zero-order chi connectivity index (χ0) is 31.2. The predicted octanol–water partition coefficient (Wildman–Crippen LogP) is 5.30. The zero-order valence-corrected chi connectivity index (χ0v) is 27.4. The lowest BCUT2D eigenvalue weighted by Gasteiger charge is -2.33. The van der Waals surface area contributed by atoms with E-state index in [2.05, 4.69) is 21.2 Å². The van der Waals surface area contributed by atoms with Crippen molar-refractivity contribution < 1.29 is 27.5 Å². The van der Waals surface area contributed by atoms with Gasteiger partial charge in [-0.1, -0.05) is 45.8 Å². The number of hydrogen-bond donors (Lipinski definition) is 1. The molecule has 0 aliphatic heterocycles. The Morgan fingerprint density at radius 1 is 0.976 bits per heavy atom. The third-order valence-corrected chi connectivity index (χ3v) is 8.72. The molecular formula is C31H38BrN3O6S. The minimum absolute atomic E-state index is 0.00263. The molecule has 0 saturated carbocycles. The second-order valence-electron chi connectivity index (χ2n) is 10.9. The van der Waals surface area contributed by atoms with Crippen LogP contribution in [0.3, 0.4) is 0 Å². The van der Waals surface area contributed by atoms with Crippen LogP contribution in [-0.2, 0) is 26.2 Å². The lowest BCUT2D eigenvalue weighted by atomic mass is 10.1. The smallest absolute Gasteiger partial charge is 0.264 e. The molecule has 1 N–H and O–H groups in total. The summed E-state index contributed by atoms with van der Waals surface area (Å²) < 4.78 is 41.0. The Balaban J connectivity index is 2.13. The van der Waals surface area contributed by atoms with Gasteiger partial charge in [0, 0.05) is 22.6 Å². The highest BCUT2D eigenvalue weighted by molar-refractivity contribution is 9.10. The zero-order valence-electron chi connectivity index (χ0n) is 25.0. The first-order chi connectivity index (χ1) is 19.7. The van der Waals surface area contributed by atoms with Crippen LogP contribution in [-0.4, -0.2) is 57.5 Å². The van der Waals surface area contributed by atoms with Crippen LogP contribution in [0.15, 0.2) is 76.1 Å². The number of nitrogens with zero attached hydrogens (tertiary/aromatic N) is 2. The van der Waals surface area contributed by atoms with Crippen molar-refractivity contribution in [1.82, 2.24) is 10.2 Å². The summed E-state index contributed by atoms with van der Waals surface area (Å²) in [5, 5.41) is 2.92. The molecule has 2 amide bonds. The van der Waals surface area contributed by atoms with Crippen molar-refractivity contribution in [2.24, 2.45) is 0 Å². The van der Waals surface area contributed by atoms with E-state index in [-0.39, 0.29) is 28.8 Å². The van der Waals surface area contributed by atoms with E-state index in [0.29, 0.717) is 5.75 Å². The molecule has 1 atom stereocenters. The molecule has 0 aromatic heterocycles. The van der Waals surface area contributed by atoms with E-state index in [9.17, 15) is 18.0 Å². The SMILES string of the molecule is COc1ccc(OC)c(N(CC(=O)N(Cc2cccc(Br)c2)[C@H](C)C(=O)NC(C)(C)C)S(=O)(=O)c2ccc(C)cc2)c1. The topological polar surface area (TPSA) is 105 Å². The van der Waals surface area contributed by atoms with Crippen LogP contribution in [0.25, 0.3) is 0 Å². The summed E-state index contributed by atoms with van der Waals surface area (Å²) in [6, 6.07) is 17.6. The Bertz CT molecular complexity index is 1520. The van der Waals surface area contributed by atoms with Crippen molar-refractivity contribution in [3.8, 4) is 11.5 Å². The summed E-state index contributed by atoms with van der Waals surface area (Å²) >= 11 is 3.46. The maximum Gasteiger partial charge on any atom is 0.264 e. The Hall–Kier alpha value is -3.57. The van der Waals surface area contributed by atoms with Gasteiger partial charge in [-0.15, -0.1) is 0 Å². The van der Waals surface area contributed by atoms with Crippen molar-refractivity contribution in [2.45, 2.75) is 57.6 Å². The van der Waals surface area contributed by atoms with Crippen molar-refractivity contribution in [2.75, 3.05) is 25.1 Å². The van der Waals surface area contributed by atoms with Crippen molar-refractivity contribution in [1.29, 1.82) is 0 Å². The largest absolute Gasteiger partial charge is 0.497 e. The fourth-order valence-corrected chi connectivity index (χ4v) is 6.09. The lowest BCUT2D eigenvalue weighted by molar-refractivity contribution is -0.140. The van der Waals surface area contributed by atoms with Crippen LogP contribution in [0.4, 0.5) is 5.69 Å². The number of halogens is 1. The van der Waals surface area contributed by atoms with E-state index in [4.69, 9.17) is 9.47 Å². The maximum atomic E-state index is 14.2. The molecule has 0 bridgehead atoms. The lowest BCUT2D eigenvalue weighted by Crippen LogP contribution is -2.54. The number of carbonyl (C=O) groups excluding carboxylic acids is 2. The van der Waals surface area contributed by atoms with Gasteiger partial charge < -0.3 is 19.7 Å². The van der Waals surface area contributed by atoms with E-state index >= 15 is 0 Å². The minimum atomic E-state index is -4.27. The molecule has 0 unspecified atom stereocenters. The van der Waals surface area contributed by atoms with Crippen LogP contribution in [0.1, 0.15) is 38.8 Å². The van der Waals surface area contributed by atoms with Gasteiger partial charge in [0.25, 0.3) is 10.0 Å². The van der Waals surface area contributed by atoms with Crippen molar-refractivity contribution in [3.05, 3.63) is 82.3 Å². The average molecular weight is 661 g/mol. The summed E-state index contributed by atoms with van der Waals surface area (Å²) in [5.74, 6) is -0.326. The average Bonchev–Trinajstić information content (AvgIpc) is 2.93. The summed E-state index contributed by atoms with van der Waals surface area (Å²) in [6.45, 7) is 8.51. The number of sulfonamides is 1. The number of hydrogen-bond acceptors (Lipinski definition) is 6. The standard InChI is InChI=1S/C31H38BrN3O6S/c1-21-11-14-26(15-12-21)42(38,39)35(27-18-25(40-6)13-16-28(27)41-7)20-29(36)34(19-23-9-8-10-24(32)17-23)22(2)30(37)33-31(3,4)5/h8-18,22H,19-20H2,1-7H3,(H,33,37)/t22-/m1/s1. The molecule has 226 valence electrons. The van der Waals surface area contributed by atoms with E-state index in [0.717, 1.165) is 19.9 Å². The number of aryl methyl sites for hydroxylation is 1. The second kappa shape index (κ2) is 13.6. The normalized spacial score (nSPS) is 12.3. The van der Waals surface area contributed by atoms with Gasteiger partial charge in [-0.3, -0.25) is 13.9 Å². The van der Waals surface area contributed by atoms with Gasteiger partial charge in [0.05, 0.1) is 24.8 Å². The Morgan fingerprint density at radius 3 is 2.21 bits per heavy atom. The Labute approximate surface area is 257 Å². The summed E-state index contributed by atoms with van der Waals surface area (Å²) in [6.07, 6.45) is 0. The first-order valence-electron chi connectivity index (χ1n) is 13.3. The summed E-state index contributed by atoms with van der Waals surface area (Å²) in [5.41, 5.74) is 1.24. The van der Waals surface area contributed by atoms with Crippen molar-refractivity contribution >= 4 is 43.5 Å². The molecule has 3 aromatic rings. The molecular weight excluding hydrogens is 622 g/mol. The van der Waals surface area contributed by atoms with E-state index < -0.39 is 34.1 Å². The monoisotopic (exact) mass is 659 g/mol.